The maximum absolute atomic E-state index is 3.56. The van der Waals surface area contributed by atoms with Crippen LogP contribution in [-0.2, 0) is 13.1 Å². The summed E-state index contributed by atoms with van der Waals surface area (Å²) in [5, 5.41) is 0. The van der Waals surface area contributed by atoms with E-state index in [-0.39, 0.29) is 6.04 Å². The van der Waals surface area contributed by atoms with Crippen LogP contribution in [0.4, 0.5) is 0 Å². The first kappa shape index (κ1) is 23.1. The summed E-state index contributed by atoms with van der Waals surface area (Å²) in [5.41, 5.74) is 7.09. The van der Waals surface area contributed by atoms with Crippen LogP contribution in [0, 0.1) is 23.3 Å². The summed E-state index contributed by atoms with van der Waals surface area (Å²) >= 11 is 3.50. The third-order valence-corrected chi connectivity index (χ3v) is 6.03. The summed E-state index contributed by atoms with van der Waals surface area (Å²) < 4.78 is 1.06. The molecular formula is C28H28BrNSi. The SMILES string of the molecule is C[Si](C)(C)C#C[C@@H](C#Cc1ccc(Br)cc1)N(Cc1ccccc1)Cc1ccccc1. The first-order chi connectivity index (χ1) is 14.9. The van der Waals surface area contributed by atoms with E-state index < -0.39 is 8.07 Å². The Hall–Kier alpha value is -2.56. The quantitative estimate of drug-likeness (QED) is 0.285. The Labute approximate surface area is 196 Å². The van der Waals surface area contributed by atoms with Crippen LogP contribution >= 0.6 is 15.9 Å². The van der Waals surface area contributed by atoms with Crippen molar-refractivity contribution in [2.24, 2.45) is 0 Å². The zero-order valence-electron chi connectivity index (χ0n) is 18.4. The van der Waals surface area contributed by atoms with Crippen LogP contribution in [-0.4, -0.2) is 19.0 Å². The average molecular weight is 487 g/mol. The molecule has 0 aliphatic rings. The molecule has 0 spiro atoms. The molecule has 0 N–H and O–H groups in total. The predicted molar refractivity (Wildman–Crippen MR) is 138 cm³/mol. The predicted octanol–water partition coefficient (Wildman–Crippen LogP) is 6.75. The molecule has 3 heteroatoms. The fourth-order valence-electron chi connectivity index (χ4n) is 3.06. The van der Waals surface area contributed by atoms with Crippen molar-refractivity contribution >= 4 is 24.0 Å². The first-order valence-corrected chi connectivity index (χ1v) is 14.8. The summed E-state index contributed by atoms with van der Waals surface area (Å²) in [6.45, 7) is 8.43. The Bertz CT molecular complexity index is 1040. The molecule has 31 heavy (non-hydrogen) atoms. The highest BCUT2D eigenvalue weighted by molar-refractivity contribution is 9.10. The normalized spacial score (nSPS) is 11.8. The number of hydrogen-bond donors (Lipinski definition) is 0. The van der Waals surface area contributed by atoms with Gasteiger partial charge in [-0.3, -0.25) is 4.90 Å². The molecule has 0 heterocycles. The molecule has 0 saturated carbocycles. The number of nitrogens with zero attached hydrogens (tertiary/aromatic N) is 1. The van der Waals surface area contributed by atoms with Gasteiger partial charge in [-0.2, -0.15) is 0 Å². The van der Waals surface area contributed by atoms with Gasteiger partial charge in [-0.05, 0) is 35.4 Å². The number of rotatable bonds is 5. The highest BCUT2D eigenvalue weighted by Crippen LogP contribution is 2.15. The second kappa shape index (κ2) is 11.2. The molecular weight excluding hydrogens is 458 g/mol. The molecule has 0 aliphatic carbocycles. The second-order valence-electron chi connectivity index (χ2n) is 8.57. The molecule has 0 saturated heterocycles. The van der Waals surface area contributed by atoms with Gasteiger partial charge < -0.3 is 0 Å². The summed E-state index contributed by atoms with van der Waals surface area (Å²) in [6.07, 6.45) is 0. The van der Waals surface area contributed by atoms with E-state index in [1.54, 1.807) is 0 Å². The van der Waals surface area contributed by atoms with Gasteiger partial charge in [0.2, 0.25) is 0 Å². The maximum atomic E-state index is 3.56. The summed E-state index contributed by atoms with van der Waals surface area (Å²) in [4.78, 5) is 2.38. The molecule has 0 amide bonds. The molecule has 0 radical (unpaired) electrons. The second-order valence-corrected chi connectivity index (χ2v) is 14.2. The fourth-order valence-corrected chi connectivity index (χ4v) is 3.90. The Morgan fingerprint density at radius 1 is 0.742 bits per heavy atom. The Morgan fingerprint density at radius 2 is 1.26 bits per heavy atom. The van der Waals surface area contributed by atoms with Crippen molar-refractivity contribution in [2.75, 3.05) is 0 Å². The topological polar surface area (TPSA) is 3.24 Å². The molecule has 0 fully saturated rings. The number of halogens is 1. The Balaban J connectivity index is 1.97. The van der Waals surface area contributed by atoms with Gasteiger partial charge in [0.1, 0.15) is 14.1 Å². The van der Waals surface area contributed by atoms with Crippen LogP contribution in [0.1, 0.15) is 16.7 Å². The smallest absolute Gasteiger partial charge is 0.134 e. The van der Waals surface area contributed by atoms with Gasteiger partial charge in [0.05, 0.1) is 0 Å². The van der Waals surface area contributed by atoms with Crippen LogP contribution in [0.25, 0.3) is 0 Å². The molecule has 1 atom stereocenters. The van der Waals surface area contributed by atoms with E-state index in [9.17, 15) is 0 Å². The van der Waals surface area contributed by atoms with Crippen molar-refractivity contribution in [2.45, 2.75) is 38.8 Å². The zero-order chi connectivity index (χ0) is 22.1. The lowest BCUT2D eigenvalue weighted by molar-refractivity contribution is 0.253. The van der Waals surface area contributed by atoms with E-state index in [1.165, 1.54) is 11.1 Å². The fraction of sp³-hybridized carbons (Fsp3) is 0.214. The van der Waals surface area contributed by atoms with Crippen molar-refractivity contribution < 1.29 is 0 Å². The molecule has 0 unspecified atom stereocenters. The van der Waals surface area contributed by atoms with Gasteiger partial charge in [-0.25, -0.2) is 0 Å². The monoisotopic (exact) mass is 485 g/mol. The van der Waals surface area contributed by atoms with Crippen molar-refractivity contribution in [1.82, 2.24) is 4.90 Å². The molecule has 3 rings (SSSR count). The van der Waals surface area contributed by atoms with Crippen LogP contribution in [0.15, 0.2) is 89.4 Å². The van der Waals surface area contributed by atoms with Gasteiger partial charge in [0, 0.05) is 23.1 Å². The van der Waals surface area contributed by atoms with Crippen molar-refractivity contribution in [3.63, 3.8) is 0 Å². The van der Waals surface area contributed by atoms with E-state index in [0.29, 0.717) is 0 Å². The van der Waals surface area contributed by atoms with Gasteiger partial charge >= 0.3 is 0 Å². The first-order valence-electron chi connectivity index (χ1n) is 10.5. The lowest BCUT2D eigenvalue weighted by Crippen LogP contribution is -2.33. The van der Waals surface area contributed by atoms with Crippen LogP contribution in [0.5, 0.6) is 0 Å². The maximum Gasteiger partial charge on any atom is 0.134 e. The molecule has 1 nitrogen and oxygen atoms in total. The van der Waals surface area contributed by atoms with E-state index in [2.05, 4.69) is 124 Å². The highest BCUT2D eigenvalue weighted by atomic mass is 79.9. The minimum atomic E-state index is -1.53. The molecule has 3 aromatic carbocycles. The van der Waals surface area contributed by atoms with Crippen LogP contribution < -0.4 is 0 Å². The lowest BCUT2D eigenvalue weighted by atomic mass is 10.1. The average Bonchev–Trinajstić information content (AvgIpc) is 2.75. The number of hydrogen-bond acceptors (Lipinski definition) is 1. The molecule has 3 aromatic rings. The molecule has 0 aliphatic heterocycles. The van der Waals surface area contributed by atoms with Gasteiger partial charge in [0.25, 0.3) is 0 Å². The van der Waals surface area contributed by atoms with E-state index in [4.69, 9.17) is 0 Å². The van der Waals surface area contributed by atoms with Crippen molar-refractivity contribution in [1.29, 1.82) is 0 Å². The van der Waals surface area contributed by atoms with E-state index >= 15 is 0 Å². The molecule has 0 aromatic heterocycles. The summed E-state index contributed by atoms with van der Waals surface area (Å²) in [6, 6.07) is 29.1. The largest absolute Gasteiger partial charge is 0.271 e. The Kier molecular flexibility index (Phi) is 8.32. The minimum Gasteiger partial charge on any atom is -0.271 e. The summed E-state index contributed by atoms with van der Waals surface area (Å²) in [5.74, 6) is 10.4. The van der Waals surface area contributed by atoms with E-state index in [0.717, 1.165) is 23.1 Å². The van der Waals surface area contributed by atoms with E-state index in [1.807, 2.05) is 24.3 Å². The molecule has 0 bridgehead atoms. The molecule has 156 valence electrons. The number of benzene rings is 3. The van der Waals surface area contributed by atoms with Gasteiger partial charge in [0.15, 0.2) is 0 Å². The standard InChI is InChI=1S/C28H28BrNSi/c1-31(2,3)21-20-28(19-16-24-14-17-27(29)18-15-24)30(22-25-10-6-4-7-11-25)23-26-12-8-5-9-13-26/h4-15,17-18,28H,22-23H2,1-3H3/t28-/m1/s1. The van der Waals surface area contributed by atoms with Crippen LogP contribution in [0.2, 0.25) is 19.6 Å². The van der Waals surface area contributed by atoms with Crippen molar-refractivity contribution in [3.8, 4) is 23.3 Å². The summed E-state index contributed by atoms with van der Waals surface area (Å²) in [7, 11) is -1.53. The highest BCUT2D eigenvalue weighted by Gasteiger charge is 2.17. The third kappa shape index (κ3) is 8.23. The minimum absolute atomic E-state index is 0.143. The van der Waals surface area contributed by atoms with Crippen LogP contribution in [0.3, 0.4) is 0 Å². The van der Waals surface area contributed by atoms with Gasteiger partial charge in [-0.1, -0.05) is 114 Å². The lowest BCUT2D eigenvalue weighted by Gasteiger charge is -2.26. The van der Waals surface area contributed by atoms with Gasteiger partial charge in [-0.15, -0.1) is 5.54 Å². The Morgan fingerprint density at radius 3 is 1.74 bits per heavy atom. The van der Waals surface area contributed by atoms with Crippen molar-refractivity contribution in [3.05, 3.63) is 106 Å². The third-order valence-electron chi connectivity index (χ3n) is 4.60. The zero-order valence-corrected chi connectivity index (χ0v) is 21.0.